The fraction of sp³-hybridized carbons (Fsp3) is 0.933. The average Bonchev–Trinajstić information content (AvgIpc) is 2.58. The molecule has 3 atom stereocenters. The molecule has 0 radical (unpaired) electrons. The largest absolute Gasteiger partial charge is 0.377 e. The molecule has 1 aliphatic heterocycles. The fourth-order valence-corrected chi connectivity index (χ4v) is 2.73. The van der Waals surface area contributed by atoms with Gasteiger partial charge in [-0.15, -0.1) is 0 Å². The number of rotatable bonds is 8. The number of carbonyl (C=O) groups is 1. The maximum atomic E-state index is 12.5. The fourth-order valence-electron chi connectivity index (χ4n) is 2.73. The standard InChI is InChI=1S/C15H30N2O2/c1-6-8-14-16-13(9-11(3)4)15(18)17(14)10-12(5)19-7-2/h11-14,16H,6-10H2,1-5H3. The van der Waals surface area contributed by atoms with Crippen LogP contribution in [0.25, 0.3) is 0 Å². The summed E-state index contributed by atoms with van der Waals surface area (Å²) in [5, 5.41) is 3.49. The van der Waals surface area contributed by atoms with E-state index in [-0.39, 0.29) is 24.2 Å². The summed E-state index contributed by atoms with van der Waals surface area (Å²) in [5.41, 5.74) is 0. The monoisotopic (exact) mass is 270 g/mol. The van der Waals surface area contributed by atoms with Gasteiger partial charge in [0.15, 0.2) is 0 Å². The van der Waals surface area contributed by atoms with Gasteiger partial charge in [-0.1, -0.05) is 27.2 Å². The highest BCUT2D eigenvalue weighted by atomic mass is 16.5. The number of nitrogens with one attached hydrogen (secondary N) is 1. The first kappa shape index (κ1) is 16.4. The molecule has 112 valence electrons. The first-order valence-electron chi connectivity index (χ1n) is 7.67. The van der Waals surface area contributed by atoms with Crippen LogP contribution in [0.2, 0.25) is 0 Å². The van der Waals surface area contributed by atoms with E-state index in [0.717, 1.165) is 19.3 Å². The number of hydrogen-bond donors (Lipinski definition) is 1. The van der Waals surface area contributed by atoms with Crippen molar-refractivity contribution in [2.45, 2.75) is 72.2 Å². The first-order valence-corrected chi connectivity index (χ1v) is 7.67. The van der Waals surface area contributed by atoms with Crippen molar-refractivity contribution in [3.8, 4) is 0 Å². The van der Waals surface area contributed by atoms with Gasteiger partial charge < -0.3 is 9.64 Å². The minimum absolute atomic E-state index is 0.00891. The third-order valence-electron chi connectivity index (χ3n) is 3.53. The summed E-state index contributed by atoms with van der Waals surface area (Å²) in [6, 6.07) is -0.00891. The van der Waals surface area contributed by atoms with E-state index in [4.69, 9.17) is 4.74 Å². The summed E-state index contributed by atoms with van der Waals surface area (Å²) < 4.78 is 5.57. The molecule has 1 rings (SSSR count). The van der Waals surface area contributed by atoms with E-state index in [0.29, 0.717) is 19.1 Å². The molecule has 0 spiro atoms. The van der Waals surface area contributed by atoms with Gasteiger partial charge in [-0.2, -0.15) is 0 Å². The van der Waals surface area contributed by atoms with E-state index >= 15 is 0 Å². The maximum absolute atomic E-state index is 12.5. The highest BCUT2D eigenvalue weighted by Gasteiger charge is 2.38. The zero-order valence-electron chi connectivity index (χ0n) is 13.1. The molecule has 0 saturated carbocycles. The molecule has 1 N–H and O–H groups in total. The lowest BCUT2D eigenvalue weighted by molar-refractivity contribution is -0.132. The van der Waals surface area contributed by atoms with Gasteiger partial charge in [0.05, 0.1) is 18.3 Å². The van der Waals surface area contributed by atoms with E-state index in [2.05, 4.69) is 26.1 Å². The van der Waals surface area contributed by atoms with E-state index in [9.17, 15) is 4.79 Å². The second-order valence-corrected chi connectivity index (χ2v) is 5.91. The zero-order chi connectivity index (χ0) is 14.4. The SMILES string of the molecule is CCCC1NC(CC(C)C)C(=O)N1CC(C)OCC. The third-order valence-corrected chi connectivity index (χ3v) is 3.53. The Morgan fingerprint density at radius 3 is 2.53 bits per heavy atom. The number of amides is 1. The molecule has 0 aromatic rings. The van der Waals surface area contributed by atoms with Crippen molar-refractivity contribution >= 4 is 5.91 Å². The topological polar surface area (TPSA) is 41.6 Å². The molecule has 1 saturated heterocycles. The van der Waals surface area contributed by atoms with Crippen LogP contribution in [0.4, 0.5) is 0 Å². The van der Waals surface area contributed by atoms with Crippen LogP contribution in [0.5, 0.6) is 0 Å². The molecule has 4 nitrogen and oxygen atoms in total. The van der Waals surface area contributed by atoms with Crippen molar-refractivity contribution < 1.29 is 9.53 Å². The van der Waals surface area contributed by atoms with Crippen LogP contribution in [-0.4, -0.2) is 42.3 Å². The van der Waals surface area contributed by atoms with Crippen molar-refractivity contribution in [2.24, 2.45) is 5.92 Å². The molecule has 0 bridgehead atoms. The van der Waals surface area contributed by atoms with E-state index in [1.165, 1.54) is 0 Å². The van der Waals surface area contributed by atoms with Gasteiger partial charge in [0, 0.05) is 13.2 Å². The molecule has 0 aromatic carbocycles. The molecule has 1 aliphatic rings. The normalized spacial score (nSPS) is 25.4. The Labute approximate surface area is 117 Å². The molecular weight excluding hydrogens is 240 g/mol. The Morgan fingerprint density at radius 1 is 1.32 bits per heavy atom. The van der Waals surface area contributed by atoms with Gasteiger partial charge in [0.25, 0.3) is 0 Å². The van der Waals surface area contributed by atoms with Gasteiger partial charge >= 0.3 is 0 Å². The van der Waals surface area contributed by atoms with Crippen molar-refractivity contribution in [1.29, 1.82) is 0 Å². The van der Waals surface area contributed by atoms with E-state index in [1.807, 2.05) is 18.7 Å². The smallest absolute Gasteiger partial charge is 0.241 e. The van der Waals surface area contributed by atoms with Crippen LogP contribution in [0.1, 0.15) is 53.9 Å². The Balaban J connectivity index is 2.65. The Morgan fingerprint density at radius 2 is 2.00 bits per heavy atom. The number of ether oxygens (including phenoxy) is 1. The van der Waals surface area contributed by atoms with Gasteiger partial charge in [0.2, 0.25) is 5.91 Å². The van der Waals surface area contributed by atoms with Gasteiger partial charge in [0.1, 0.15) is 0 Å². The van der Waals surface area contributed by atoms with Crippen molar-refractivity contribution in [3.05, 3.63) is 0 Å². The molecule has 1 fully saturated rings. The lowest BCUT2D eigenvalue weighted by atomic mass is 10.0. The van der Waals surface area contributed by atoms with Crippen LogP contribution in [0, 0.1) is 5.92 Å². The second kappa shape index (κ2) is 7.85. The Kier molecular flexibility index (Phi) is 6.80. The van der Waals surface area contributed by atoms with Crippen molar-refractivity contribution in [3.63, 3.8) is 0 Å². The van der Waals surface area contributed by atoms with Crippen molar-refractivity contribution in [1.82, 2.24) is 10.2 Å². The first-order chi connectivity index (χ1) is 8.99. The predicted molar refractivity (Wildman–Crippen MR) is 77.9 cm³/mol. The quantitative estimate of drug-likeness (QED) is 0.736. The summed E-state index contributed by atoms with van der Waals surface area (Å²) in [6.07, 6.45) is 3.30. The highest BCUT2D eigenvalue weighted by molar-refractivity contribution is 5.84. The second-order valence-electron chi connectivity index (χ2n) is 5.91. The highest BCUT2D eigenvalue weighted by Crippen LogP contribution is 2.20. The Hall–Kier alpha value is -0.610. The average molecular weight is 270 g/mol. The number of hydrogen-bond acceptors (Lipinski definition) is 3. The van der Waals surface area contributed by atoms with Crippen LogP contribution < -0.4 is 5.32 Å². The summed E-state index contributed by atoms with van der Waals surface area (Å²) in [5.74, 6) is 0.784. The molecule has 4 heteroatoms. The summed E-state index contributed by atoms with van der Waals surface area (Å²) >= 11 is 0. The molecule has 0 aromatic heterocycles. The molecular formula is C15H30N2O2. The summed E-state index contributed by atoms with van der Waals surface area (Å²) in [4.78, 5) is 14.5. The lowest BCUT2D eigenvalue weighted by Gasteiger charge is -2.26. The van der Waals surface area contributed by atoms with Crippen LogP contribution in [-0.2, 0) is 9.53 Å². The van der Waals surface area contributed by atoms with E-state index < -0.39 is 0 Å². The van der Waals surface area contributed by atoms with Gasteiger partial charge in [-0.25, -0.2) is 0 Å². The lowest BCUT2D eigenvalue weighted by Crippen LogP contribution is -2.41. The Bertz CT molecular complexity index is 281. The molecule has 1 heterocycles. The molecule has 19 heavy (non-hydrogen) atoms. The molecule has 1 amide bonds. The number of nitrogens with zero attached hydrogens (tertiary/aromatic N) is 1. The number of carbonyl (C=O) groups excluding carboxylic acids is 1. The maximum Gasteiger partial charge on any atom is 0.241 e. The minimum atomic E-state index is -0.00891. The van der Waals surface area contributed by atoms with Crippen molar-refractivity contribution in [2.75, 3.05) is 13.2 Å². The molecule has 3 unspecified atom stereocenters. The van der Waals surface area contributed by atoms with Crippen LogP contribution in [0.15, 0.2) is 0 Å². The summed E-state index contributed by atoms with van der Waals surface area (Å²) in [7, 11) is 0. The predicted octanol–water partition coefficient (Wildman–Crippen LogP) is 2.38. The third kappa shape index (κ3) is 4.77. The zero-order valence-corrected chi connectivity index (χ0v) is 13.1. The summed E-state index contributed by atoms with van der Waals surface area (Å²) in [6.45, 7) is 11.9. The minimum Gasteiger partial charge on any atom is -0.377 e. The van der Waals surface area contributed by atoms with E-state index in [1.54, 1.807) is 0 Å². The molecule has 0 aliphatic carbocycles. The van der Waals surface area contributed by atoms with Crippen LogP contribution in [0.3, 0.4) is 0 Å². The van der Waals surface area contributed by atoms with Gasteiger partial charge in [-0.05, 0) is 32.6 Å². The van der Waals surface area contributed by atoms with Crippen LogP contribution >= 0.6 is 0 Å². The van der Waals surface area contributed by atoms with Gasteiger partial charge in [-0.3, -0.25) is 10.1 Å².